The fourth-order valence-electron chi connectivity index (χ4n) is 2.05. The van der Waals surface area contributed by atoms with E-state index >= 15 is 0 Å². The molecular formula is C14H22N2O2. The highest BCUT2D eigenvalue weighted by Gasteiger charge is 2.15. The summed E-state index contributed by atoms with van der Waals surface area (Å²) in [6.07, 6.45) is 0.746. The molecule has 4 nitrogen and oxygen atoms in total. The van der Waals surface area contributed by atoms with E-state index in [1.54, 1.807) is 7.11 Å². The molecule has 1 aromatic carbocycles. The van der Waals surface area contributed by atoms with Crippen LogP contribution in [-0.2, 0) is 4.79 Å². The van der Waals surface area contributed by atoms with Gasteiger partial charge in [0, 0.05) is 12.2 Å². The zero-order valence-electron chi connectivity index (χ0n) is 11.5. The van der Waals surface area contributed by atoms with Gasteiger partial charge in [-0.1, -0.05) is 6.92 Å². The van der Waals surface area contributed by atoms with Crippen molar-refractivity contribution < 1.29 is 9.53 Å². The largest absolute Gasteiger partial charge is 0.496 e. The van der Waals surface area contributed by atoms with E-state index in [4.69, 9.17) is 10.5 Å². The third-order valence-electron chi connectivity index (χ3n) is 3.08. The molecule has 1 aromatic rings. The van der Waals surface area contributed by atoms with Crippen LogP contribution in [0.5, 0.6) is 5.75 Å². The molecule has 0 aliphatic rings. The number of ether oxygens (including phenoxy) is 1. The summed E-state index contributed by atoms with van der Waals surface area (Å²) in [5, 5.41) is 2.90. The number of carbonyl (C=O) groups is 1. The summed E-state index contributed by atoms with van der Waals surface area (Å²) >= 11 is 0. The molecule has 1 unspecified atom stereocenters. The number of benzene rings is 1. The summed E-state index contributed by atoms with van der Waals surface area (Å²) in [4.78, 5) is 11.9. The van der Waals surface area contributed by atoms with Crippen LogP contribution >= 0.6 is 0 Å². The second kappa shape index (κ2) is 6.40. The number of rotatable bonds is 5. The Bertz CT molecular complexity index is 403. The Balaban J connectivity index is 2.89. The quantitative estimate of drug-likeness (QED) is 0.842. The van der Waals surface area contributed by atoms with Gasteiger partial charge in [0.25, 0.3) is 0 Å². The second-order valence-electron chi connectivity index (χ2n) is 4.47. The van der Waals surface area contributed by atoms with Gasteiger partial charge in [-0.2, -0.15) is 0 Å². The van der Waals surface area contributed by atoms with Crippen molar-refractivity contribution >= 4 is 11.6 Å². The zero-order valence-corrected chi connectivity index (χ0v) is 11.5. The smallest absolute Gasteiger partial charge is 0.228 e. The van der Waals surface area contributed by atoms with E-state index in [0.29, 0.717) is 6.54 Å². The summed E-state index contributed by atoms with van der Waals surface area (Å²) in [7, 11) is 1.65. The predicted octanol–water partition coefficient (Wildman–Crippen LogP) is 2.24. The number of hydrogen-bond acceptors (Lipinski definition) is 3. The summed E-state index contributed by atoms with van der Waals surface area (Å²) in [5.41, 5.74) is 8.37. The maximum Gasteiger partial charge on any atom is 0.228 e. The SMILES string of the molecule is CCC(CN)C(=O)Nc1cc(C)c(OC)c(C)c1. The Hall–Kier alpha value is -1.55. The van der Waals surface area contributed by atoms with Crippen molar-refractivity contribution in [1.82, 2.24) is 0 Å². The van der Waals surface area contributed by atoms with Gasteiger partial charge >= 0.3 is 0 Å². The number of anilines is 1. The second-order valence-corrected chi connectivity index (χ2v) is 4.47. The van der Waals surface area contributed by atoms with E-state index in [1.165, 1.54) is 0 Å². The van der Waals surface area contributed by atoms with E-state index < -0.39 is 0 Å². The van der Waals surface area contributed by atoms with Crippen LogP contribution in [0.1, 0.15) is 24.5 Å². The normalized spacial score (nSPS) is 12.1. The van der Waals surface area contributed by atoms with E-state index in [9.17, 15) is 4.79 Å². The number of methoxy groups -OCH3 is 1. The minimum atomic E-state index is -0.132. The van der Waals surface area contributed by atoms with Crippen LogP contribution in [0, 0.1) is 19.8 Å². The molecule has 1 atom stereocenters. The summed E-state index contributed by atoms with van der Waals surface area (Å²) < 4.78 is 5.29. The number of aryl methyl sites for hydroxylation is 2. The lowest BCUT2D eigenvalue weighted by atomic mass is 10.1. The van der Waals surface area contributed by atoms with Crippen LogP contribution in [0.25, 0.3) is 0 Å². The maximum atomic E-state index is 11.9. The number of nitrogens with one attached hydrogen (secondary N) is 1. The lowest BCUT2D eigenvalue weighted by molar-refractivity contribution is -0.119. The van der Waals surface area contributed by atoms with Gasteiger partial charge < -0.3 is 15.8 Å². The van der Waals surface area contributed by atoms with Gasteiger partial charge in [-0.15, -0.1) is 0 Å². The third-order valence-corrected chi connectivity index (χ3v) is 3.08. The molecule has 0 fully saturated rings. The highest BCUT2D eigenvalue weighted by atomic mass is 16.5. The monoisotopic (exact) mass is 250 g/mol. The molecule has 18 heavy (non-hydrogen) atoms. The van der Waals surface area contributed by atoms with E-state index in [-0.39, 0.29) is 11.8 Å². The van der Waals surface area contributed by atoms with Crippen molar-refractivity contribution in [2.75, 3.05) is 19.0 Å². The van der Waals surface area contributed by atoms with Crippen molar-refractivity contribution in [2.45, 2.75) is 27.2 Å². The fourth-order valence-corrected chi connectivity index (χ4v) is 2.05. The van der Waals surface area contributed by atoms with Crippen LogP contribution < -0.4 is 15.8 Å². The Labute approximate surface area is 109 Å². The molecule has 3 N–H and O–H groups in total. The van der Waals surface area contributed by atoms with Crippen LogP contribution in [0.2, 0.25) is 0 Å². The molecule has 0 aliphatic carbocycles. The van der Waals surface area contributed by atoms with Gasteiger partial charge in [0.15, 0.2) is 0 Å². The lowest BCUT2D eigenvalue weighted by Gasteiger charge is -2.15. The number of carbonyl (C=O) groups excluding carboxylic acids is 1. The molecule has 1 rings (SSSR count). The van der Waals surface area contributed by atoms with Gasteiger partial charge in [-0.3, -0.25) is 4.79 Å². The fraction of sp³-hybridized carbons (Fsp3) is 0.500. The molecule has 0 radical (unpaired) electrons. The first-order valence-corrected chi connectivity index (χ1v) is 6.19. The number of hydrogen-bond donors (Lipinski definition) is 2. The molecule has 1 amide bonds. The van der Waals surface area contributed by atoms with E-state index in [1.807, 2.05) is 32.9 Å². The van der Waals surface area contributed by atoms with Crippen molar-refractivity contribution in [3.05, 3.63) is 23.3 Å². The Morgan fingerprint density at radius 3 is 2.33 bits per heavy atom. The molecule has 0 saturated heterocycles. The van der Waals surface area contributed by atoms with Crippen molar-refractivity contribution in [1.29, 1.82) is 0 Å². The van der Waals surface area contributed by atoms with Crippen molar-refractivity contribution in [2.24, 2.45) is 11.7 Å². The van der Waals surface area contributed by atoms with Crippen molar-refractivity contribution in [3.63, 3.8) is 0 Å². The molecule has 0 bridgehead atoms. The summed E-state index contributed by atoms with van der Waals surface area (Å²) in [6, 6.07) is 3.82. The van der Waals surface area contributed by atoms with Crippen LogP contribution in [0.4, 0.5) is 5.69 Å². The Morgan fingerprint density at radius 1 is 1.39 bits per heavy atom. The minimum Gasteiger partial charge on any atom is -0.496 e. The molecular weight excluding hydrogens is 228 g/mol. The van der Waals surface area contributed by atoms with Gasteiger partial charge in [-0.05, 0) is 43.5 Å². The minimum absolute atomic E-state index is 0.0241. The highest BCUT2D eigenvalue weighted by Crippen LogP contribution is 2.27. The van der Waals surface area contributed by atoms with Crippen LogP contribution in [0.15, 0.2) is 12.1 Å². The molecule has 0 aliphatic heterocycles. The highest BCUT2D eigenvalue weighted by molar-refractivity contribution is 5.93. The van der Waals surface area contributed by atoms with Gasteiger partial charge in [0.05, 0.1) is 13.0 Å². The third kappa shape index (κ3) is 3.23. The predicted molar refractivity (Wildman–Crippen MR) is 73.9 cm³/mol. The summed E-state index contributed by atoms with van der Waals surface area (Å²) in [5.74, 6) is 0.704. The molecule has 0 saturated carbocycles. The van der Waals surface area contributed by atoms with E-state index in [2.05, 4.69) is 5.32 Å². The molecule has 4 heteroatoms. The average Bonchev–Trinajstić information content (AvgIpc) is 2.30. The van der Waals surface area contributed by atoms with Gasteiger partial charge in [-0.25, -0.2) is 0 Å². The van der Waals surface area contributed by atoms with E-state index in [0.717, 1.165) is 29.0 Å². The first-order chi connectivity index (χ1) is 8.53. The Kier molecular flexibility index (Phi) is 5.16. The zero-order chi connectivity index (χ0) is 13.7. The summed E-state index contributed by atoms with van der Waals surface area (Å²) in [6.45, 7) is 6.25. The standard InChI is InChI=1S/C14H22N2O2/c1-5-11(8-15)14(17)16-12-6-9(2)13(18-4)10(3)7-12/h6-7,11H,5,8,15H2,1-4H3,(H,16,17). The number of amides is 1. The average molecular weight is 250 g/mol. The molecule has 0 aromatic heterocycles. The van der Waals surface area contributed by atoms with Gasteiger partial charge in [0.2, 0.25) is 5.91 Å². The first kappa shape index (κ1) is 14.5. The molecule has 0 heterocycles. The topological polar surface area (TPSA) is 64.4 Å². The molecule has 100 valence electrons. The van der Waals surface area contributed by atoms with Gasteiger partial charge in [0.1, 0.15) is 5.75 Å². The maximum absolute atomic E-state index is 11.9. The first-order valence-electron chi connectivity index (χ1n) is 6.19. The Morgan fingerprint density at radius 2 is 1.94 bits per heavy atom. The number of nitrogens with two attached hydrogens (primary N) is 1. The van der Waals surface area contributed by atoms with Crippen molar-refractivity contribution in [3.8, 4) is 5.75 Å². The van der Waals surface area contributed by atoms with Crippen LogP contribution in [0.3, 0.4) is 0 Å². The molecule has 0 spiro atoms. The van der Waals surface area contributed by atoms with Crippen LogP contribution in [-0.4, -0.2) is 19.6 Å². The lowest BCUT2D eigenvalue weighted by Crippen LogP contribution is -2.28.